The number of hydrogen-bond acceptors (Lipinski definition) is 6. The van der Waals surface area contributed by atoms with Crippen molar-refractivity contribution in [2.75, 3.05) is 34.4 Å². The van der Waals surface area contributed by atoms with Gasteiger partial charge in [-0.05, 0) is 36.6 Å². The van der Waals surface area contributed by atoms with Crippen LogP contribution in [0.4, 0.5) is 22.9 Å². The van der Waals surface area contributed by atoms with Crippen molar-refractivity contribution >= 4 is 34.7 Å². The van der Waals surface area contributed by atoms with E-state index in [1.807, 2.05) is 20.8 Å². The second kappa shape index (κ2) is 11.2. The lowest BCUT2D eigenvalue weighted by Gasteiger charge is -2.26. The number of nitrogens with zero attached hydrogens (tertiary/aromatic N) is 2. The number of aromatic nitrogens is 2. The van der Waals surface area contributed by atoms with Crippen molar-refractivity contribution in [3.05, 3.63) is 45.1 Å². The van der Waals surface area contributed by atoms with E-state index in [0.29, 0.717) is 24.5 Å². The zero-order chi connectivity index (χ0) is 23.8. The van der Waals surface area contributed by atoms with Crippen LogP contribution in [0, 0.1) is 5.92 Å². The molecule has 10 nitrogen and oxygen atoms in total. The van der Waals surface area contributed by atoms with Gasteiger partial charge < -0.3 is 21.3 Å². The lowest BCUT2D eigenvalue weighted by molar-refractivity contribution is -0.115. The van der Waals surface area contributed by atoms with Crippen LogP contribution in [0.25, 0.3) is 0 Å². The fourth-order valence-electron chi connectivity index (χ4n) is 3.26. The van der Waals surface area contributed by atoms with Gasteiger partial charge in [0.15, 0.2) is 0 Å². The largest absolute Gasteiger partial charge is 0.383 e. The molecule has 0 radical (unpaired) electrons. The summed E-state index contributed by atoms with van der Waals surface area (Å²) in [5.74, 6) is -0.332. The monoisotopic (exact) mass is 444 g/mol. The smallest absolute Gasteiger partial charge is 0.330 e. The zero-order valence-corrected chi connectivity index (χ0v) is 19.0. The Balaban J connectivity index is 2.27. The summed E-state index contributed by atoms with van der Waals surface area (Å²) in [6.45, 7) is 7.97. The van der Waals surface area contributed by atoms with Crippen LogP contribution < -0.4 is 32.5 Å². The SMILES string of the molecule is CCCCN(CC(=O)Nc1ccc(NC(C)=O)cc1)c1c(N)n(CC(C)C)c(=O)[nH]c1=O. The molecule has 1 aromatic heterocycles. The Kier molecular flexibility index (Phi) is 8.62. The summed E-state index contributed by atoms with van der Waals surface area (Å²) in [5.41, 5.74) is 6.33. The molecule has 0 saturated heterocycles. The maximum absolute atomic E-state index is 12.7. The minimum Gasteiger partial charge on any atom is -0.383 e. The minimum atomic E-state index is -0.615. The Labute approximate surface area is 186 Å². The number of hydrogen-bond donors (Lipinski definition) is 4. The summed E-state index contributed by atoms with van der Waals surface area (Å²) in [6, 6.07) is 6.69. The van der Waals surface area contributed by atoms with Crippen LogP contribution in [0.1, 0.15) is 40.5 Å². The van der Waals surface area contributed by atoms with Crippen molar-refractivity contribution in [1.29, 1.82) is 0 Å². The average molecular weight is 445 g/mol. The Hall–Kier alpha value is -3.56. The summed E-state index contributed by atoms with van der Waals surface area (Å²) in [7, 11) is 0. The van der Waals surface area contributed by atoms with Gasteiger partial charge in [0.05, 0.1) is 6.54 Å². The number of carbonyl (C=O) groups excluding carboxylic acids is 2. The molecule has 0 bridgehead atoms. The third kappa shape index (κ3) is 6.73. The quantitative estimate of drug-likeness (QED) is 0.441. The summed E-state index contributed by atoms with van der Waals surface area (Å²) < 4.78 is 1.33. The van der Waals surface area contributed by atoms with E-state index >= 15 is 0 Å². The Morgan fingerprint density at radius 2 is 1.72 bits per heavy atom. The number of amides is 2. The lowest BCUT2D eigenvalue weighted by atomic mass is 10.2. The molecule has 1 aromatic carbocycles. The molecule has 0 unspecified atom stereocenters. The van der Waals surface area contributed by atoms with E-state index in [9.17, 15) is 19.2 Å². The van der Waals surface area contributed by atoms with Gasteiger partial charge in [0.2, 0.25) is 11.8 Å². The predicted octanol–water partition coefficient (Wildman–Crippen LogP) is 1.98. The first kappa shape index (κ1) is 24.7. The fraction of sp³-hybridized carbons (Fsp3) is 0.455. The van der Waals surface area contributed by atoms with Crippen LogP contribution in [0.2, 0.25) is 0 Å². The number of anilines is 4. The van der Waals surface area contributed by atoms with Gasteiger partial charge in [0, 0.05) is 31.4 Å². The first-order chi connectivity index (χ1) is 15.1. The van der Waals surface area contributed by atoms with E-state index in [1.54, 1.807) is 29.2 Å². The third-order valence-corrected chi connectivity index (χ3v) is 4.68. The maximum atomic E-state index is 12.7. The molecule has 0 spiro atoms. The van der Waals surface area contributed by atoms with Crippen molar-refractivity contribution in [3.63, 3.8) is 0 Å². The number of benzene rings is 1. The highest BCUT2D eigenvalue weighted by molar-refractivity contribution is 5.95. The van der Waals surface area contributed by atoms with E-state index in [-0.39, 0.29) is 35.8 Å². The molecule has 0 aliphatic carbocycles. The number of nitrogen functional groups attached to an aromatic ring is 1. The van der Waals surface area contributed by atoms with Crippen LogP contribution >= 0.6 is 0 Å². The van der Waals surface area contributed by atoms with E-state index in [1.165, 1.54) is 11.5 Å². The van der Waals surface area contributed by atoms with Gasteiger partial charge in [0.1, 0.15) is 11.5 Å². The number of unbranched alkanes of at least 4 members (excludes halogenated alkanes) is 1. The van der Waals surface area contributed by atoms with Gasteiger partial charge in [-0.2, -0.15) is 0 Å². The summed E-state index contributed by atoms with van der Waals surface area (Å²) in [6.07, 6.45) is 1.59. The standard InChI is InChI=1S/C22H32N6O4/c1-5-6-11-27(19-20(23)28(12-14(2)3)22(32)26-21(19)31)13-18(30)25-17-9-7-16(8-10-17)24-15(4)29/h7-10,14H,5-6,11-13,23H2,1-4H3,(H,24,29)(H,25,30)(H,26,31,32). The molecular formula is C22H32N6O4. The molecule has 2 amide bonds. The second-order valence-electron chi connectivity index (χ2n) is 8.08. The first-order valence-corrected chi connectivity index (χ1v) is 10.7. The number of rotatable bonds is 10. The van der Waals surface area contributed by atoms with Gasteiger partial charge in [-0.3, -0.25) is 23.9 Å². The summed E-state index contributed by atoms with van der Waals surface area (Å²) in [4.78, 5) is 52.6. The van der Waals surface area contributed by atoms with E-state index in [4.69, 9.17) is 5.73 Å². The number of nitrogens with one attached hydrogen (secondary N) is 3. The molecule has 174 valence electrons. The maximum Gasteiger partial charge on any atom is 0.330 e. The Bertz CT molecular complexity index is 1060. The molecule has 0 saturated carbocycles. The van der Waals surface area contributed by atoms with Gasteiger partial charge in [0.25, 0.3) is 5.56 Å². The van der Waals surface area contributed by atoms with Crippen LogP contribution in [-0.2, 0) is 16.1 Å². The van der Waals surface area contributed by atoms with E-state index in [0.717, 1.165) is 12.8 Å². The van der Waals surface area contributed by atoms with Crippen molar-refractivity contribution in [3.8, 4) is 0 Å². The Morgan fingerprint density at radius 1 is 1.12 bits per heavy atom. The topological polar surface area (TPSA) is 142 Å². The predicted molar refractivity (Wildman–Crippen MR) is 127 cm³/mol. The number of aromatic amines is 1. The highest BCUT2D eigenvalue weighted by Crippen LogP contribution is 2.19. The van der Waals surface area contributed by atoms with Crippen molar-refractivity contribution in [2.24, 2.45) is 5.92 Å². The van der Waals surface area contributed by atoms with Gasteiger partial charge >= 0.3 is 5.69 Å². The van der Waals surface area contributed by atoms with Crippen LogP contribution in [0.5, 0.6) is 0 Å². The van der Waals surface area contributed by atoms with Crippen molar-refractivity contribution in [2.45, 2.75) is 47.1 Å². The van der Waals surface area contributed by atoms with E-state index in [2.05, 4.69) is 15.6 Å². The molecule has 1 heterocycles. The van der Waals surface area contributed by atoms with Gasteiger partial charge in [-0.15, -0.1) is 0 Å². The summed E-state index contributed by atoms with van der Waals surface area (Å²) >= 11 is 0. The van der Waals surface area contributed by atoms with Crippen molar-refractivity contribution in [1.82, 2.24) is 9.55 Å². The highest BCUT2D eigenvalue weighted by atomic mass is 16.2. The number of H-pyrrole nitrogens is 1. The molecule has 5 N–H and O–H groups in total. The molecule has 0 aliphatic rings. The summed E-state index contributed by atoms with van der Waals surface area (Å²) in [5, 5.41) is 5.44. The number of nitrogens with two attached hydrogens (primary N) is 1. The molecule has 32 heavy (non-hydrogen) atoms. The normalized spacial score (nSPS) is 10.8. The lowest BCUT2D eigenvalue weighted by Crippen LogP contribution is -2.42. The molecule has 2 rings (SSSR count). The van der Waals surface area contributed by atoms with Crippen LogP contribution in [0.15, 0.2) is 33.9 Å². The second-order valence-corrected chi connectivity index (χ2v) is 8.08. The molecule has 0 aliphatic heterocycles. The zero-order valence-electron chi connectivity index (χ0n) is 19.0. The van der Waals surface area contributed by atoms with Crippen molar-refractivity contribution < 1.29 is 9.59 Å². The van der Waals surface area contributed by atoms with Crippen LogP contribution in [-0.4, -0.2) is 34.5 Å². The number of carbonyl (C=O) groups is 2. The van der Waals surface area contributed by atoms with Gasteiger partial charge in [-0.25, -0.2) is 4.79 Å². The minimum absolute atomic E-state index is 0.0519. The molecule has 10 heteroatoms. The third-order valence-electron chi connectivity index (χ3n) is 4.68. The first-order valence-electron chi connectivity index (χ1n) is 10.7. The molecule has 0 fully saturated rings. The molecule has 2 aromatic rings. The molecule has 0 atom stereocenters. The highest BCUT2D eigenvalue weighted by Gasteiger charge is 2.21. The van der Waals surface area contributed by atoms with Crippen LogP contribution in [0.3, 0.4) is 0 Å². The Morgan fingerprint density at radius 3 is 2.25 bits per heavy atom. The van der Waals surface area contributed by atoms with E-state index < -0.39 is 11.2 Å². The fourth-order valence-corrected chi connectivity index (χ4v) is 3.26. The van der Waals surface area contributed by atoms with Gasteiger partial charge in [-0.1, -0.05) is 27.2 Å². The average Bonchev–Trinajstić information content (AvgIpc) is 2.70. The molecular weight excluding hydrogens is 412 g/mol.